The Morgan fingerprint density at radius 2 is 2.06 bits per heavy atom. The van der Waals surface area contributed by atoms with Crippen LogP contribution in [0.4, 0.5) is 0 Å². The maximum Gasteiger partial charge on any atom is 0.230 e. The third-order valence-electron chi connectivity index (χ3n) is 5.45. The van der Waals surface area contributed by atoms with Crippen LogP contribution >= 0.6 is 23.1 Å². The van der Waals surface area contributed by atoms with Gasteiger partial charge in [-0.15, -0.1) is 11.3 Å². The number of aryl methyl sites for hydroxylation is 3. The number of rotatable bonds is 7. The zero-order valence-corrected chi connectivity index (χ0v) is 19.8. The van der Waals surface area contributed by atoms with Gasteiger partial charge in [0.15, 0.2) is 0 Å². The molecule has 3 aromatic rings. The maximum atomic E-state index is 12.5. The lowest BCUT2D eigenvalue weighted by atomic mass is 10.2. The summed E-state index contributed by atoms with van der Waals surface area (Å²) in [5, 5.41) is 5.01. The van der Waals surface area contributed by atoms with Crippen LogP contribution in [0.15, 0.2) is 35.4 Å². The lowest BCUT2D eigenvalue weighted by Crippen LogP contribution is -2.47. The Bertz CT molecular complexity index is 1050. The summed E-state index contributed by atoms with van der Waals surface area (Å²) in [6.07, 6.45) is 0.0150. The molecule has 2 aromatic heterocycles. The number of benzene rings is 1. The number of fused-ring (bicyclic) bond motifs is 1. The summed E-state index contributed by atoms with van der Waals surface area (Å²) >= 11 is 3.17. The highest BCUT2D eigenvalue weighted by Crippen LogP contribution is 2.34. The van der Waals surface area contributed by atoms with Gasteiger partial charge in [-0.05, 0) is 31.9 Å². The highest BCUT2D eigenvalue weighted by Gasteiger charge is 2.21. The fourth-order valence-electron chi connectivity index (χ4n) is 3.72. The highest BCUT2D eigenvalue weighted by atomic mass is 32.2. The Morgan fingerprint density at radius 1 is 1.26 bits per heavy atom. The van der Waals surface area contributed by atoms with Gasteiger partial charge in [0.1, 0.15) is 15.7 Å². The number of nitrogens with one attached hydrogen (secondary N) is 1. The van der Waals surface area contributed by atoms with E-state index in [1.165, 1.54) is 27.8 Å². The molecule has 31 heavy (non-hydrogen) atoms. The molecule has 0 radical (unpaired) electrons. The molecule has 3 heterocycles. The average molecular weight is 457 g/mol. The topological polar surface area (TPSA) is 67.4 Å². The molecule has 1 N–H and O–H groups in total. The number of carbonyl (C=O) groups is 1. The number of aromatic nitrogens is 2. The van der Waals surface area contributed by atoms with E-state index in [0.717, 1.165) is 40.7 Å². The minimum atomic E-state index is 0.00260. The SMILES string of the molecule is Cc1nc(SCC(=O)NCC2CN(Cc3ccccc3)CCO2)c2c(C)c(C)sc2n1. The van der Waals surface area contributed by atoms with Crippen LogP contribution in [-0.4, -0.2) is 58.9 Å². The van der Waals surface area contributed by atoms with Crippen molar-refractivity contribution in [3.05, 3.63) is 52.2 Å². The van der Waals surface area contributed by atoms with Crippen molar-refractivity contribution in [3.63, 3.8) is 0 Å². The van der Waals surface area contributed by atoms with Crippen LogP contribution < -0.4 is 5.32 Å². The fourth-order valence-corrected chi connectivity index (χ4v) is 5.82. The first-order valence-electron chi connectivity index (χ1n) is 10.5. The maximum absolute atomic E-state index is 12.5. The number of morpholine rings is 1. The van der Waals surface area contributed by atoms with Crippen LogP contribution in [0, 0.1) is 20.8 Å². The minimum Gasteiger partial charge on any atom is -0.374 e. The number of ether oxygens (including phenoxy) is 1. The Hall–Kier alpha value is -2.00. The second-order valence-corrected chi connectivity index (χ2v) is 10.0. The monoisotopic (exact) mass is 456 g/mol. The first kappa shape index (κ1) is 22.2. The number of hydrogen-bond donors (Lipinski definition) is 1. The van der Waals surface area contributed by atoms with Crippen LogP contribution in [0.2, 0.25) is 0 Å². The molecule has 1 aliphatic heterocycles. The summed E-state index contributed by atoms with van der Waals surface area (Å²) in [5.74, 6) is 1.08. The van der Waals surface area contributed by atoms with E-state index < -0.39 is 0 Å². The molecule has 1 fully saturated rings. The van der Waals surface area contributed by atoms with Crippen molar-refractivity contribution >= 4 is 39.2 Å². The lowest BCUT2D eigenvalue weighted by Gasteiger charge is -2.33. The van der Waals surface area contributed by atoms with E-state index in [0.29, 0.717) is 18.9 Å². The molecule has 1 atom stereocenters. The third-order valence-corrected chi connectivity index (χ3v) is 7.52. The van der Waals surface area contributed by atoms with Crippen LogP contribution in [-0.2, 0) is 16.1 Å². The quantitative estimate of drug-likeness (QED) is 0.432. The van der Waals surface area contributed by atoms with E-state index in [4.69, 9.17) is 4.74 Å². The van der Waals surface area contributed by atoms with Crippen LogP contribution in [0.1, 0.15) is 21.8 Å². The average Bonchev–Trinajstić information content (AvgIpc) is 3.04. The summed E-state index contributed by atoms with van der Waals surface area (Å²) in [4.78, 5) is 26.3. The molecule has 0 spiro atoms. The Morgan fingerprint density at radius 3 is 2.87 bits per heavy atom. The molecule has 6 nitrogen and oxygen atoms in total. The van der Waals surface area contributed by atoms with Crippen LogP contribution in [0.3, 0.4) is 0 Å². The summed E-state index contributed by atoms with van der Waals surface area (Å²) in [6.45, 7) is 9.96. The highest BCUT2D eigenvalue weighted by molar-refractivity contribution is 8.00. The summed E-state index contributed by atoms with van der Waals surface area (Å²) < 4.78 is 5.87. The molecule has 1 amide bonds. The second kappa shape index (κ2) is 10.1. The van der Waals surface area contributed by atoms with Gasteiger partial charge in [-0.2, -0.15) is 0 Å². The molecule has 164 valence electrons. The Labute approximate surface area is 191 Å². The zero-order valence-electron chi connectivity index (χ0n) is 18.2. The van der Waals surface area contributed by atoms with Crippen LogP contribution in [0.5, 0.6) is 0 Å². The van der Waals surface area contributed by atoms with E-state index >= 15 is 0 Å². The van der Waals surface area contributed by atoms with Gasteiger partial charge in [0.2, 0.25) is 5.91 Å². The molecule has 8 heteroatoms. The predicted molar refractivity (Wildman–Crippen MR) is 127 cm³/mol. The molecular formula is C23H28N4O2S2. The standard InChI is InChI=1S/C23H28N4O2S2/c1-15-16(2)31-23-21(15)22(25-17(3)26-23)30-14-20(28)24-11-19-13-27(9-10-29-19)12-18-7-5-4-6-8-18/h4-8,19H,9-14H2,1-3H3,(H,24,28). The smallest absolute Gasteiger partial charge is 0.230 e. The van der Waals surface area contributed by atoms with Gasteiger partial charge < -0.3 is 10.1 Å². The summed E-state index contributed by atoms with van der Waals surface area (Å²) in [5.41, 5.74) is 2.51. The third kappa shape index (κ3) is 5.63. The number of thiophene rings is 1. The number of carbonyl (C=O) groups excluding carboxylic acids is 1. The second-order valence-electron chi connectivity index (χ2n) is 7.85. The summed E-state index contributed by atoms with van der Waals surface area (Å²) in [6, 6.07) is 10.5. The molecule has 1 unspecified atom stereocenters. The molecule has 0 bridgehead atoms. The van der Waals surface area contributed by atoms with Gasteiger partial charge in [0.05, 0.1) is 18.5 Å². The number of thioether (sulfide) groups is 1. The van der Waals surface area contributed by atoms with Crippen molar-refractivity contribution in [2.24, 2.45) is 0 Å². The van der Waals surface area contributed by atoms with E-state index in [9.17, 15) is 4.79 Å². The van der Waals surface area contributed by atoms with E-state index in [1.807, 2.05) is 13.0 Å². The van der Waals surface area contributed by atoms with E-state index in [-0.39, 0.29) is 12.0 Å². The Balaban J connectivity index is 1.28. The van der Waals surface area contributed by atoms with Crippen molar-refractivity contribution < 1.29 is 9.53 Å². The van der Waals surface area contributed by atoms with E-state index in [2.05, 4.69) is 58.3 Å². The molecule has 1 saturated heterocycles. The lowest BCUT2D eigenvalue weighted by molar-refractivity contribution is -0.119. The van der Waals surface area contributed by atoms with E-state index in [1.54, 1.807) is 11.3 Å². The van der Waals surface area contributed by atoms with Crippen LogP contribution in [0.25, 0.3) is 10.2 Å². The van der Waals surface area contributed by atoms with Gasteiger partial charge in [-0.3, -0.25) is 9.69 Å². The Kier molecular flexibility index (Phi) is 7.22. The van der Waals surface area contributed by atoms with Crippen molar-refractivity contribution in [1.29, 1.82) is 0 Å². The zero-order chi connectivity index (χ0) is 21.8. The number of nitrogens with zero attached hydrogens (tertiary/aromatic N) is 3. The molecule has 1 aliphatic rings. The molecule has 0 aliphatic carbocycles. The minimum absolute atomic E-state index is 0.00260. The van der Waals surface area contributed by atoms with Gasteiger partial charge >= 0.3 is 0 Å². The normalized spacial score (nSPS) is 17.2. The van der Waals surface area contributed by atoms with Crippen molar-refractivity contribution in [1.82, 2.24) is 20.2 Å². The number of hydrogen-bond acceptors (Lipinski definition) is 7. The molecule has 0 saturated carbocycles. The molecule has 1 aromatic carbocycles. The van der Waals surface area contributed by atoms with Gasteiger partial charge in [0.25, 0.3) is 0 Å². The fraction of sp³-hybridized carbons (Fsp3) is 0.435. The largest absolute Gasteiger partial charge is 0.374 e. The van der Waals surface area contributed by atoms with Crippen molar-refractivity contribution in [2.75, 3.05) is 32.0 Å². The van der Waals surface area contributed by atoms with Gasteiger partial charge in [-0.25, -0.2) is 9.97 Å². The van der Waals surface area contributed by atoms with Crippen molar-refractivity contribution in [3.8, 4) is 0 Å². The first-order valence-corrected chi connectivity index (χ1v) is 12.3. The van der Waals surface area contributed by atoms with Gasteiger partial charge in [-0.1, -0.05) is 42.1 Å². The van der Waals surface area contributed by atoms with Crippen molar-refractivity contribution in [2.45, 2.75) is 38.4 Å². The number of amides is 1. The summed E-state index contributed by atoms with van der Waals surface area (Å²) in [7, 11) is 0. The first-order chi connectivity index (χ1) is 15.0. The molecular weight excluding hydrogens is 428 g/mol. The van der Waals surface area contributed by atoms with Gasteiger partial charge in [0, 0.05) is 36.4 Å². The predicted octanol–water partition coefficient (Wildman–Crippen LogP) is 3.73. The molecule has 4 rings (SSSR count).